The lowest BCUT2D eigenvalue weighted by Gasteiger charge is -2.41. The van der Waals surface area contributed by atoms with Crippen LogP contribution in [0.4, 0.5) is 0 Å². The van der Waals surface area contributed by atoms with E-state index < -0.39 is 0 Å². The molecule has 0 N–H and O–H groups in total. The van der Waals surface area contributed by atoms with Crippen molar-refractivity contribution in [2.75, 3.05) is 0 Å². The van der Waals surface area contributed by atoms with E-state index in [0.717, 1.165) is 30.7 Å². The Morgan fingerprint density at radius 2 is 2.17 bits per heavy atom. The summed E-state index contributed by atoms with van der Waals surface area (Å²) in [5, 5.41) is 2.59. The van der Waals surface area contributed by atoms with Gasteiger partial charge in [0.1, 0.15) is 0 Å². The van der Waals surface area contributed by atoms with E-state index in [2.05, 4.69) is 43.3 Å². The third-order valence-electron chi connectivity index (χ3n) is 6.65. The molecule has 1 saturated carbocycles. The highest BCUT2D eigenvalue weighted by molar-refractivity contribution is 6.03. The molecule has 2 unspecified atom stereocenters. The van der Waals surface area contributed by atoms with Gasteiger partial charge in [0.2, 0.25) is 0 Å². The van der Waals surface area contributed by atoms with Gasteiger partial charge in [0.15, 0.2) is 5.78 Å². The lowest BCUT2D eigenvalue weighted by molar-refractivity contribution is 0.0940. The van der Waals surface area contributed by atoms with Crippen molar-refractivity contribution in [2.24, 2.45) is 5.92 Å². The second kappa shape index (κ2) is 4.56. The van der Waals surface area contributed by atoms with E-state index in [1.807, 2.05) is 0 Å². The number of fused-ring (bicyclic) bond motifs is 6. The maximum absolute atomic E-state index is 12.6. The summed E-state index contributed by atoms with van der Waals surface area (Å²) < 4.78 is 0. The first-order chi connectivity index (χ1) is 11.2. The summed E-state index contributed by atoms with van der Waals surface area (Å²) in [4.78, 5) is 12.6. The van der Waals surface area contributed by atoms with Gasteiger partial charge in [0, 0.05) is 17.4 Å². The Morgan fingerprint density at radius 1 is 1.26 bits per heavy atom. The number of ketones is 1. The molecule has 1 nitrogen and oxygen atoms in total. The third-order valence-corrected chi connectivity index (χ3v) is 6.65. The first-order valence-electron chi connectivity index (χ1n) is 8.98. The predicted molar refractivity (Wildman–Crippen MR) is 94.0 cm³/mol. The topological polar surface area (TPSA) is 17.1 Å². The van der Waals surface area contributed by atoms with Crippen molar-refractivity contribution in [3.63, 3.8) is 0 Å². The zero-order chi connectivity index (χ0) is 15.6. The number of carbonyl (C=O) groups is 1. The van der Waals surface area contributed by atoms with Crippen LogP contribution in [0.2, 0.25) is 0 Å². The summed E-state index contributed by atoms with van der Waals surface area (Å²) in [7, 11) is 0. The Balaban J connectivity index is 1.81. The fraction of sp³-hybridized carbons (Fsp3) is 0.409. The highest BCUT2D eigenvalue weighted by Crippen LogP contribution is 2.59. The molecule has 5 rings (SSSR count). The van der Waals surface area contributed by atoms with Gasteiger partial charge in [-0.3, -0.25) is 4.79 Å². The molecule has 0 radical (unpaired) electrons. The van der Waals surface area contributed by atoms with Crippen molar-refractivity contribution in [2.45, 2.75) is 50.9 Å². The summed E-state index contributed by atoms with van der Waals surface area (Å²) in [5.41, 5.74) is 5.68. The molecule has 2 aromatic carbocycles. The number of aryl methyl sites for hydroxylation is 1. The van der Waals surface area contributed by atoms with E-state index in [1.165, 1.54) is 41.2 Å². The number of rotatable bonds is 1. The van der Waals surface area contributed by atoms with Crippen LogP contribution in [0.25, 0.3) is 10.8 Å². The second-order valence-electron chi connectivity index (χ2n) is 7.64. The van der Waals surface area contributed by atoms with Crippen LogP contribution in [-0.2, 0) is 11.8 Å². The van der Waals surface area contributed by atoms with Gasteiger partial charge in [-0.25, -0.2) is 0 Å². The van der Waals surface area contributed by atoms with Crippen LogP contribution >= 0.6 is 0 Å². The molecule has 2 atom stereocenters. The molecule has 0 heterocycles. The molecule has 1 heteroatoms. The maximum atomic E-state index is 12.6. The van der Waals surface area contributed by atoms with E-state index >= 15 is 0 Å². The van der Waals surface area contributed by atoms with Crippen LogP contribution in [0.3, 0.4) is 0 Å². The lowest BCUT2D eigenvalue weighted by atomic mass is 9.62. The zero-order valence-electron chi connectivity index (χ0n) is 13.7. The average molecular weight is 302 g/mol. The standard InChI is InChI=1S/C22H22O/c1-2-15-4-3-5-16-11-19-20(12-18(15)16)22(9-8-21(19)23)13-14-6-7-17(22)10-14/h3-6,11-12,17H,2,7-10,13H2,1H3. The van der Waals surface area contributed by atoms with E-state index in [4.69, 9.17) is 0 Å². The molecule has 1 spiro atoms. The van der Waals surface area contributed by atoms with E-state index in [9.17, 15) is 4.79 Å². The second-order valence-corrected chi connectivity index (χ2v) is 7.64. The van der Waals surface area contributed by atoms with Crippen LogP contribution in [0, 0.1) is 5.92 Å². The highest BCUT2D eigenvalue weighted by Gasteiger charge is 2.51. The number of carbonyl (C=O) groups excluding carboxylic acids is 1. The molecule has 2 bridgehead atoms. The molecule has 0 amide bonds. The predicted octanol–water partition coefficient (Wildman–Crippen LogP) is 5.36. The van der Waals surface area contributed by atoms with Crippen molar-refractivity contribution >= 4 is 16.6 Å². The highest BCUT2D eigenvalue weighted by atomic mass is 16.1. The van der Waals surface area contributed by atoms with Crippen molar-refractivity contribution in [3.05, 3.63) is 58.7 Å². The molecule has 3 aliphatic carbocycles. The summed E-state index contributed by atoms with van der Waals surface area (Å²) in [5.74, 6) is 1.08. The summed E-state index contributed by atoms with van der Waals surface area (Å²) >= 11 is 0. The minimum absolute atomic E-state index is 0.252. The van der Waals surface area contributed by atoms with Crippen LogP contribution in [-0.4, -0.2) is 5.78 Å². The van der Waals surface area contributed by atoms with Gasteiger partial charge in [0.25, 0.3) is 0 Å². The molecular formula is C22H22O. The first kappa shape index (κ1) is 13.5. The average Bonchev–Trinajstić information content (AvgIpc) is 3.18. The quantitative estimate of drug-likeness (QED) is 0.648. The Labute approximate surface area is 137 Å². The van der Waals surface area contributed by atoms with Gasteiger partial charge in [0.05, 0.1) is 0 Å². The Kier molecular flexibility index (Phi) is 2.69. The summed E-state index contributed by atoms with van der Waals surface area (Å²) in [6.45, 7) is 2.22. The van der Waals surface area contributed by atoms with Crippen molar-refractivity contribution in [1.82, 2.24) is 0 Å². The van der Waals surface area contributed by atoms with E-state index in [1.54, 1.807) is 5.57 Å². The monoisotopic (exact) mass is 302 g/mol. The largest absolute Gasteiger partial charge is 0.294 e. The van der Waals surface area contributed by atoms with Crippen LogP contribution < -0.4 is 0 Å². The molecular weight excluding hydrogens is 280 g/mol. The van der Waals surface area contributed by atoms with Crippen LogP contribution in [0.15, 0.2) is 42.0 Å². The Bertz CT molecular complexity index is 873. The van der Waals surface area contributed by atoms with Crippen LogP contribution in [0.1, 0.15) is 60.5 Å². The maximum Gasteiger partial charge on any atom is 0.163 e. The van der Waals surface area contributed by atoms with Gasteiger partial charge in [-0.15, -0.1) is 0 Å². The van der Waals surface area contributed by atoms with Crippen LogP contribution in [0.5, 0.6) is 0 Å². The molecule has 3 aliphatic rings. The van der Waals surface area contributed by atoms with Crippen molar-refractivity contribution < 1.29 is 4.79 Å². The normalized spacial score (nSPS) is 28.5. The van der Waals surface area contributed by atoms with E-state index in [0.29, 0.717) is 5.78 Å². The van der Waals surface area contributed by atoms with Gasteiger partial charge < -0.3 is 0 Å². The SMILES string of the molecule is CCc1cccc2cc3c(cc12)C1(CCC3=O)CC2=CCC1C2. The summed E-state index contributed by atoms with van der Waals surface area (Å²) in [6.07, 6.45) is 8.96. The van der Waals surface area contributed by atoms with Crippen molar-refractivity contribution in [1.29, 1.82) is 0 Å². The van der Waals surface area contributed by atoms with E-state index in [-0.39, 0.29) is 5.41 Å². The molecule has 0 saturated heterocycles. The number of allylic oxidation sites excluding steroid dienone is 2. The van der Waals surface area contributed by atoms with Gasteiger partial charge in [-0.1, -0.05) is 36.8 Å². The van der Waals surface area contributed by atoms with Gasteiger partial charge in [-0.2, -0.15) is 0 Å². The minimum atomic E-state index is 0.252. The number of hydrogen-bond donors (Lipinski definition) is 0. The van der Waals surface area contributed by atoms with Crippen molar-refractivity contribution in [3.8, 4) is 0 Å². The Morgan fingerprint density at radius 3 is 2.91 bits per heavy atom. The zero-order valence-corrected chi connectivity index (χ0v) is 13.7. The fourth-order valence-corrected chi connectivity index (χ4v) is 5.46. The molecule has 23 heavy (non-hydrogen) atoms. The third kappa shape index (κ3) is 1.71. The molecule has 1 fully saturated rings. The minimum Gasteiger partial charge on any atom is -0.294 e. The molecule has 2 aromatic rings. The lowest BCUT2D eigenvalue weighted by Crippen LogP contribution is -2.37. The number of Topliss-reactive ketones (excluding diaryl/α,β-unsaturated/α-hetero) is 1. The van der Waals surface area contributed by atoms with Gasteiger partial charge >= 0.3 is 0 Å². The Hall–Kier alpha value is -1.89. The summed E-state index contributed by atoms with van der Waals surface area (Å²) in [6, 6.07) is 11.1. The fourth-order valence-electron chi connectivity index (χ4n) is 5.46. The molecule has 0 aliphatic heterocycles. The number of benzene rings is 2. The first-order valence-corrected chi connectivity index (χ1v) is 8.98. The number of hydrogen-bond acceptors (Lipinski definition) is 1. The smallest absolute Gasteiger partial charge is 0.163 e. The molecule has 116 valence electrons. The van der Waals surface area contributed by atoms with Gasteiger partial charge in [-0.05, 0) is 72.1 Å². The molecule has 0 aromatic heterocycles.